The first-order valence-corrected chi connectivity index (χ1v) is 6.16. The third-order valence-electron chi connectivity index (χ3n) is 3.17. The molecule has 0 N–H and O–H groups in total. The fraction of sp³-hybridized carbons (Fsp3) is 0.533. The maximum Gasteiger partial charge on any atom is 0.123 e. The number of aryl methyl sites for hydroxylation is 1. The van der Waals surface area contributed by atoms with E-state index < -0.39 is 0 Å². The molecule has 0 saturated carbocycles. The van der Waals surface area contributed by atoms with Crippen molar-refractivity contribution in [3.63, 3.8) is 0 Å². The molecule has 0 aromatic heterocycles. The molecule has 0 aliphatic rings. The summed E-state index contributed by atoms with van der Waals surface area (Å²) >= 11 is 0. The van der Waals surface area contributed by atoms with E-state index in [4.69, 9.17) is 4.74 Å². The van der Waals surface area contributed by atoms with E-state index in [2.05, 4.69) is 26.0 Å². The highest BCUT2D eigenvalue weighted by atomic mass is 16.5. The first-order chi connectivity index (χ1) is 8.42. The predicted molar refractivity (Wildman–Crippen MR) is 73.9 cm³/mol. The molecule has 3 heteroatoms. The molecule has 3 nitrogen and oxygen atoms in total. The highest BCUT2D eigenvalue weighted by Crippen LogP contribution is 2.33. The number of ether oxygens (including phenoxy) is 1. The van der Waals surface area contributed by atoms with Crippen LogP contribution < -0.4 is 4.74 Å². The summed E-state index contributed by atoms with van der Waals surface area (Å²) in [6.07, 6.45) is 0. The van der Waals surface area contributed by atoms with E-state index in [1.807, 2.05) is 32.0 Å². The van der Waals surface area contributed by atoms with Gasteiger partial charge in [0.2, 0.25) is 0 Å². The summed E-state index contributed by atoms with van der Waals surface area (Å²) in [5.74, 6) is 1.28. The van der Waals surface area contributed by atoms with Crippen molar-refractivity contribution in [1.29, 1.82) is 5.26 Å². The monoisotopic (exact) mass is 246 g/mol. The molecule has 0 heterocycles. The van der Waals surface area contributed by atoms with Crippen LogP contribution in [-0.2, 0) is 0 Å². The zero-order valence-electron chi connectivity index (χ0n) is 12.1. The van der Waals surface area contributed by atoms with Gasteiger partial charge in [-0.2, -0.15) is 5.26 Å². The lowest BCUT2D eigenvalue weighted by Crippen LogP contribution is -2.19. The number of hydrogen-bond donors (Lipinski definition) is 0. The van der Waals surface area contributed by atoms with E-state index in [0.717, 1.165) is 22.4 Å². The van der Waals surface area contributed by atoms with Gasteiger partial charge in [-0.05, 0) is 55.8 Å². The normalized spacial score (nSPS) is 12.6. The second-order valence-electron chi connectivity index (χ2n) is 5.10. The van der Waals surface area contributed by atoms with E-state index in [0.29, 0.717) is 5.92 Å². The molecule has 0 aliphatic carbocycles. The molecule has 1 atom stereocenters. The van der Waals surface area contributed by atoms with E-state index in [1.165, 1.54) is 0 Å². The van der Waals surface area contributed by atoms with Crippen LogP contribution in [0, 0.1) is 18.3 Å². The van der Waals surface area contributed by atoms with Crippen LogP contribution >= 0.6 is 0 Å². The Bertz CT molecular complexity index is 458. The van der Waals surface area contributed by atoms with E-state index in [9.17, 15) is 5.26 Å². The zero-order chi connectivity index (χ0) is 13.9. The lowest BCUT2D eigenvalue weighted by Gasteiger charge is -2.22. The van der Waals surface area contributed by atoms with Gasteiger partial charge < -0.3 is 4.74 Å². The van der Waals surface area contributed by atoms with Gasteiger partial charge in [-0.3, -0.25) is 4.90 Å². The highest BCUT2D eigenvalue weighted by Gasteiger charge is 2.19. The van der Waals surface area contributed by atoms with Gasteiger partial charge in [-0.1, -0.05) is 13.8 Å². The molecular weight excluding hydrogens is 224 g/mol. The molecule has 0 radical (unpaired) electrons. The number of nitriles is 1. The average molecular weight is 246 g/mol. The lowest BCUT2D eigenvalue weighted by atomic mass is 9.93. The molecule has 0 amide bonds. The molecule has 0 saturated heterocycles. The van der Waals surface area contributed by atoms with Crippen molar-refractivity contribution in [2.75, 3.05) is 21.2 Å². The van der Waals surface area contributed by atoms with Crippen LogP contribution in [-0.4, -0.2) is 26.1 Å². The summed E-state index contributed by atoms with van der Waals surface area (Å²) in [6, 6.07) is 6.26. The molecule has 0 aliphatic heterocycles. The van der Waals surface area contributed by atoms with Gasteiger partial charge in [0.15, 0.2) is 0 Å². The maximum atomic E-state index is 9.31. The maximum absolute atomic E-state index is 9.31. The average Bonchev–Trinajstić information content (AvgIpc) is 2.30. The van der Waals surface area contributed by atoms with Gasteiger partial charge in [0.05, 0.1) is 13.2 Å². The number of benzene rings is 1. The number of rotatable bonds is 4. The minimum absolute atomic E-state index is 0.214. The van der Waals surface area contributed by atoms with Crippen molar-refractivity contribution in [2.45, 2.75) is 32.7 Å². The quantitative estimate of drug-likeness (QED) is 0.818. The largest absolute Gasteiger partial charge is 0.496 e. The van der Waals surface area contributed by atoms with Gasteiger partial charge in [0.25, 0.3) is 0 Å². The number of methoxy groups -OCH3 is 1. The summed E-state index contributed by atoms with van der Waals surface area (Å²) < 4.78 is 5.42. The standard InChI is InChI=1S/C15H22N2O/c1-10(2)12-8-13(14(9-16)17(4)5)11(3)7-15(12)18-6/h7-8,10,14H,1-6H3. The summed E-state index contributed by atoms with van der Waals surface area (Å²) in [5, 5.41) is 9.31. The Morgan fingerprint density at radius 2 is 1.83 bits per heavy atom. The smallest absolute Gasteiger partial charge is 0.123 e. The van der Waals surface area contributed by atoms with Crippen LogP contribution in [0.4, 0.5) is 0 Å². The van der Waals surface area contributed by atoms with E-state index in [-0.39, 0.29) is 6.04 Å². The second kappa shape index (κ2) is 5.88. The molecule has 98 valence electrons. The molecule has 1 unspecified atom stereocenters. The Balaban J connectivity index is 3.38. The molecule has 0 bridgehead atoms. The minimum Gasteiger partial charge on any atom is -0.496 e. The summed E-state index contributed by atoms with van der Waals surface area (Å²) in [4.78, 5) is 1.93. The van der Waals surface area contributed by atoms with Gasteiger partial charge in [0.1, 0.15) is 11.8 Å². The van der Waals surface area contributed by atoms with Gasteiger partial charge in [-0.15, -0.1) is 0 Å². The van der Waals surface area contributed by atoms with Crippen molar-refractivity contribution >= 4 is 0 Å². The molecule has 1 aromatic carbocycles. The summed E-state index contributed by atoms with van der Waals surface area (Å²) in [5.41, 5.74) is 3.31. The number of hydrogen-bond acceptors (Lipinski definition) is 3. The Morgan fingerprint density at radius 1 is 1.22 bits per heavy atom. The predicted octanol–water partition coefficient (Wildman–Crippen LogP) is 3.25. The summed E-state index contributed by atoms with van der Waals surface area (Å²) in [6.45, 7) is 6.29. The lowest BCUT2D eigenvalue weighted by molar-refractivity contribution is 0.356. The van der Waals surface area contributed by atoms with Crippen LogP contribution in [0.2, 0.25) is 0 Å². The fourth-order valence-corrected chi connectivity index (χ4v) is 2.10. The first-order valence-electron chi connectivity index (χ1n) is 6.16. The van der Waals surface area contributed by atoms with Crippen molar-refractivity contribution in [3.05, 3.63) is 28.8 Å². The van der Waals surface area contributed by atoms with Crippen LogP contribution in [0.5, 0.6) is 5.75 Å². The Morgan fingerprint density at radius 3 is 2.22 bits per heavy atom. The first kappa shape index (κ1) is 14.5. The highest BCUT2D eigenvalue weighted by molar-refractivity contribution is 5.46. The van der Waals surface area contributed by atoms with Crippen molar-refractivity contribution in [2.24, 2.45) is 0 Å². The Hall–Kier alpha value is -1.53. The molecule has 0 spiro atoms. The summed E-state index contributed by atoms with van der Waals surface area (Å²) in [7, 11) is 5.53. The molecule has 0 fully saturated rings. The third-order valence-corrected chi connectivity index (χ3v) is 3.17. The number of nitrogens with zero attached hydrogens (tertiary/aromatic N) is 2. The van der Waals surface area contributed by atoms with E-state index in [1.54, 1.807) is 7.11 Å². The van der Waals surface area contributed by atoms with Crippen LogP contribution in [0.15, 0.2) is 12.1 Å². The Kier molecular flexibility index (Phi) is 4.75. The molecular formula is C15H22N2O. The van der Waals surface area contributed by atoms with Crippen molar-refractivity contribution in [3.8, 4) is 11.8 Å². The fourth-order valence-electron chi connectivity index (χ4n) is 2.10. The van der Waals surface area contributed by atoms with Crippen molar-refractivity contribution < 1.29 is 4.74 Å². The molecule has 18 heavy (non-hydrogen) atoms. The van der Waals surface area contributed by atoms with Gasteiger partial charge in [-0.25, -0.2) is 0 Å². The molecule has 1 aromatic rings. The topological polar surface area (TPSA) is 36.3 Å². The van der Waals surface area contributed by atoms with Crippen LogP contribution in [0.1, 0.15) is 42.5 Å². The van der Waals surface area contributed by atoms with Crippen molar-refractivity contribution in [1.82, 2.24) is 4.90 Å². The van der Waals surface area contributed by atoms with E-state index >= 15 is 0 Å². The SMILES string of the molecule is COc1cc(C)c(C(C#N)N(C)C)cc1C(C)C. The van der Waals surface area contributed by atoms with Gasteiger partial charge >= 0.3 is 0 Å². The van der Waals surface area contributed by atoms with Crippen LogP contribution in [0.3, 0.4) is 0 Å². The van der Waals surface area contributed by atoms with Crippen LogP contribution in [0.25, 0.3) is 0 Å². The third kappa shape index (κ3) is 2.83. The van der Waals surface area contributed by atoms with Gasteiger partial charge in [0, 0.05) is 0 Å². The minimum atomic E-state index is -0.214. The Labute approximate surface area is 110 Å². The molecule has 1 rings (SSSR count). The zero-order valence-corrected chi connectivity index (χ0v) is 12.1. The second-order valence-corrected chi connectivity index (χ2v) is 5.10.